The molecule has 0 aromatic carbocycles. The highest BCUT2D eigenvalue weighted by molar-refractivity contribution is 6.33. The lowest BCUT2D eigenvalue weighted by atomic mass is 10.1. The van der Waals surface area contributed by atoms with Crippen molar-refractivity contribution in [3.8, 4) is 0 Å². The number of ether oxygens (including phenoxy) is 1. The van der Waals surface area contributed by atoms with Crippen LogP contribution in [0.15, 0.2) is 12.1 Å². The Hall–Kier alpha value is -1.33. The van der Waals surface area contributed by atoms with Gasteiger partial charge in [0.2, 0.25) is 0 Å². The first kappa shape index (κ1) is 15.1. The standard InChI is InChI=1S/C14H20ClN3O2/c1-3-16-12-5-4-11(15)13(17-12)14(19)18(2)10-6-8-20-9-7-10/h4-5,10H,3,6-9H2,1-2H3,(H,16,17). The van der Waals surface area contributed by atoms with Gasteiger partial charge in [-0.15, -0.1) is 0 Å². The number of anilines is 1. The highest BCUT2D eigenvalue weighted by atomic mass is 35.5. The molecule has 1 aliphatic heterocycles. The number of pyridine rings is 1. The molecule has 0 bridgehead atoms. The van der Waals surface area contributed by atoms with Crippen LogP contribution in [0, 0.1) is 0 Å². The van der Waals surface area contributed by atoms with E-state index in [0.29, 0.717) is 29.7 Å². The average molecular weight is 298 g/mol. The maximum Gasteiger partial charge on any atom is 0.274 e. The number of carbonyl (C=O) groups excluding carboxylic acids is 1. The van der Waals surface area contributed by atoms with Crippen LogP contribution in [0.2, 0.25) is 5.02 Å². The molecule has 2 rings (SSSR count). The Morgan fingerprint density at radius 3 is 2.85 bits per heavy atom. The van der Waals surface area contributed by atoms with Crippen molar-refractivity contribution in [2.45, 2.75) is 25.8 Å². The van der Waals surface area contributed by atoms with Crippen molar-refractivity contribution in [1.29, 1.82) is 0 Å². The minimum atomic E-state index is -0.137. The highest BCUT2D eigenvalue weighted by Gasteiger charge is 2.25. The van der Waals surface area contributed by atoms with Crippen molar-refractivity contribution in [2.24, 2.45) is 0 Å². The first-order chi connectivity index (χ1) is 9.63. The molecule has 0 atom stereocenters. The van der Waals surface area contributed by atoms with Gasteiger partial charge in [0.25, 0.3) is 5.91 Å². The van der Waals surface area contributed by atoms with Crippen LogP contribution in [-0.2, 0) is 4.74 Å². The van der Waals surface area contributed by atoms with Gasteiger partial charge in [0.05, 0.1) is 5.02 Å². The number of hydrogen-bond acceptors (Lipinski definition) is 4. The van der Waals surface area contributed by atoms with Crippen molar-refractivity contribution in [1.82, 2.24) is 9.88 Å². The van der Waals surface area contributed by atoms with E-state index in [0.717, 1.165) is 19.4 Å². The zero-order valence-electron chi connectivity index (χ0n) is 11.9. The molecule has 6 heteroatoms. The van der Waals surface area contributed by atoms with E-state index in [4.69, 9.17) is 16.3 Å². The summed E-state index contributed by atoms with van der Waals surface area (Å²) in [4.78, 5) is 18.6. The molecular weight excluding hydrogens is 278 g/mol. The number of hydrogen-bond donors (Lipinski definition) is 1. The third-order valence-electron chi connectivity index (χ3n) is 3.47. The molecule has 1 aliphatic rings. The molecule has 110 valence electrons. The summed E-state index contributed by atoms with van der Waals surface area (Å²) in [6.45, 7) is 4.12. The normalized spacial score (nSPS) is 15.9. The summed E-state index contributed by atoms with van der Waals surface area (Å²) < 4.78 is 5.32. The zero-order valence-corrected chi connectivity index (χ0v) is 12.6. The van der Waals surface area contributed by atoms with Crippen LogP contribution >= 0.6 is 11.6 Å². The highest BCUT2D eigenvalue weighted by Crippen LogP contribution is 2.21. The van der Waals surface area contributed by atoms with Crippen LogP contribution in [0.5, 0.6) is 0 Å². The molecule has 20 heavy (non-hydrogen) atoms. The number of nitrogens with zero attached hydrogens (tertiary/aromatic N) is 2. The summed E-state index contributed by atoms with van der Waals surface area (Å²) in [7, 11) is 1.80. The van der Waals surface area contributed by atoms with Gasteiger partial charge in [-0.05, 0) is 31.9 Å². The van der Waals surface area contributed by atoms with Gasteiger partial charge in [0.15, 0.2) is 0 Å². The lowest BCUT2D eigenvalue weighted by Gasteiger charge is -2.31. The Morgan fingerprint density at radius 2 is 2.20 bits per heavy atom. The van der Waals surface area contributed by atoms with E-state index in [1.807, 2.05) is 6.92 Å². The summed E-state index contributed by atoms with van der Waals surface area (Å²) in [5.41, 5.74) is 0.305. The number of halogens is 1. The predicted molar refractivity (Wildman–Crippen MR) is 79.3 cm³/mol. The molecular formula is C14H20ClN3O2. The first-order valence-electron chi connectivity index (χ1n) is 6.88. The minimum Gasteiger partial charge on any atom is -0.381 e. The van der Waals surface area contributed by atoms with E-state index in [1.54, 1.807) is 24.1 Å². The number of rotatable bonds is 4. The van der Waals surface area contributed by atoms with E-state index >= 15 is 0 Å². The fraction of sp³-hybridized carbons (Fsp3) is 0.571. The molecule has 0 radical (unpaired) electrons. The smallest absolute Gasteiger partial charge is 0.274 e. The Kier molecular flexibility index (Phi) is 5.20. The minimum absolute atomic E-state index is 0.137. The number of amides is 1. The zero-order chi connectivity index (χ0) is 14.5. The molecule has 1 fully saturated rings. The molecule has 1 aromatic heterocycles. The van der Waals surface area contributed by atoms with Gasteiger partial charge in [-0.3, -0.25) is 4.79 Å². The molecule has 0 aliphatic carbocycles. The molecule has 1 amide bonds. The summed E-state index contributed by atoms with van der Waals surface area (Å²) in [5, 5.41) is 3.47. The average Bonchev–Trinajstić information content (AvgIpc) is 2.49. The quantitative estimate of drug-likeness (QED) is 0.927. The molecule has 1 N–H and O–H groups in total. The van der Waals surface area contributed by atoms with E-state index in [2.05, 4.69) is 10.3 Å². The van der Waals surface area contributed by atoms with Gasteiger partial charge in [-0.25, -0.2) is 4.98 Å². The van der Waals surface area contributed by atoms with Crippen molar-refractivity contribution in [3.63, 3.8) is 0 Å². The van der Waals surface area contributed by atoms with E-state index in [1.165, 1.54) is 0 Å². The van der Waals surface area contributed by atoms with Gasteiger partial charge in [0.1, 0.15) is 11.5 Å². The Balaban J connectivity index is 2.16. The fourth-order valence-corrected chi connectivity index (χ4v) is 2.46. The van der Waals surface area contributed by atoms with E-state index < -0.39 is 0 Å². The molecule has 0 spiro atoms. The van der Waals surface area contributed by atoms with E-state index in [-0.39, 0.29) is 11.9 Å². The molecule has 2 heterocycles. The van der Waals surface area contributed by atoms with Crippen molar-refractivity contribution < 1.29 is 9.53 Å². The lowest BCUT2D eigenvalue weighted by molar-refractivity contribution is 0.0359. The lowest BCUT2D eigenvalue weighted by Crippen LogP contribution is -2.41. The van der Waals surface area contributed by atoms with Crippen LogP contribution in [0.1, 0.15) is 30.3 Å². The van der Waals surface area contributed by atoms with Gasteiger partial charge < -0.3 is 15.0 Å². The topological polar surface area (TPSA) is 54.5 Å². The summed E-state index contributed by atoms with van der Waals surface area (Å²) in [6.07, 6.45) is 1.71. The molecule has 0 unspecified atom stereocenters. The van der Waals surface area contributed by atoms with Gasteiger partial charge in [-0.2, -0.15) is 0 Å². The molecule has 5 nitrogen and oxygen atoms in total. The molecule has 1 aromatic rings. The van der Waals surface area contributed by atoms with Crippen LogP contribution in [0.25, 0.3) is 0 Å². The monoisotopic (exact) mass is 297 g/mol. The summed E-state index contributed by atoms with van der Waals surface area (Å²) in [6, 6.07) is 3.67. The van der Waals surface area contributed by atoms with Crippen LogP contribution in [0.4, 0.5) is 5.82 Å². The number of carbonyl (C=O) groups is 1. The predicted octanol–water partition coefficient (Wildman–Crippen LogP) is 2.42. The third-order valence-corrected chi connectivity index (χ3v) is 3.77. The Labute approximate surface area is 124 Å². The van der Waals surface area contributed by atoms with E-state index in [9.17, 15) is 4.79 Å². The number of nitrogens with one attached hydrogen (secondary N) is 1. The third kappa shape index (κ3) is 3.41. The number of aromatic nitrogens is 1. The van der Waals surface area contributed by atoms with Crippen molar-refractivity contribution in [2.75, 3.05) is 32.1 Å². The molecule has 1 saturated heterocycles. The van der Waals surface area contributed by atoms with Gasteiger partial charge >= 0.3 is 0 Å². The Morgan fingerprint density at radius 1 is 1.50 bits per heavy atom. The fourth-order valence-electron chi connectivity index (χ4n) is 2.28. The van der Waals surface area contributed by atoms with Gasteiger partial charge in [0, 0.05) is 32.8 Å². The van der Waals surface area contributed by atoms with Crippen LogP contribution in [0.3, 0.4) is 0 Å². The maximum atomic E-state index is 12.5. The largest absolute Gasteiger partial charge is 0.381 e. The van der Waals surface area contributed by atoms with Crippen molar-refractivity contribution in [3.05, 3.63) is 22.8 Å². The van der Waals surface area contributed by atoms with Gasteiger partial charge in [-0.1, -0.05) is 11.6 Å². The molecule has 0 saturated carbocycles. The second-order valence-corrected chi connectivity index (χ2v) is 5.22. The second kappa shape index (κ2) is 6.90. The van der Waals surface area contributed by atoms with Crippen LogP contribution < -0.4 is 5.32 Å². The summed E-state index contributed by atoms with van der Waals surface area (Å²) >= 11 is 6.11. The van der Waals surface area contributed by atoms with Crippen molar-refractivity contribution >= 4 is 23.3 Å². The first-order valence-corrected chi connectivity index (χ1v) is 7.26. The van der Waals surface area contributed by atoms with Crippen LogP contribution in [-0.4, -0.2) is 48.6 Å². The Bertz CT molecular complexity index is 475. The summed E-state index contributed by atoms with van der Waals surface area (Å²) in [5.74, 6) is 0.530. The maximum absolute atomic E-state index is 12.5. The SMILES string of the molecule is CCNc1ccc(Cl)c(C(=O)N(C)C2CCOCC2)n1. The second-order valence-electron chi connectivity index (χ2n) is 4.82.